The summed E-state index contributed by atoms with van der Waals surface area (Å²) in [5.74, 6) is -3.13. The lowest BCUT2D eigenvalue weighted by Crippen LogP contribution is -2.50. The van der Waals surface area contributed by atoms with Crippen LogP contribution in [0.4, 0.5) is 21.5 Å². The van der Waals surface area contributed by atoms with Crippen LogP contribution in [0.3, 0.4) is 0 Å². The molecular formula is C23H23ClFN7O5. The Kier molecular flexibility index (Phi) is 7.09. The number of hydrogen-bond acceptors (Lipinski definition) is 8. The zero-order valence-corrected chi connectivity index (χ0v) is 20.9. The number of rotatable bonds is 6. The summed E-state index contributed by atoms with van der Waals surface area (Å²) in [7, 11) is 2.02. The van der Waals surface area contributed by atoms with Crippen LogP contribution in [0.15, 0.2) is 30.5 Å². The van der Waals surface area contributed by atoms with Crippen molar-refractivity contribution in [2.45, 2.75) is 19.9 Å². The number of piperazine rings is 1. The van der Waals surface area contributed by atoms with E-state index in [9.17, 15) is 24.1 Å². The third-order valence-electron chi connectivity index (χ3n) is 6.35. The Morgan fingerprint density at radius 2 is 2.03 bits per heavy atom. The van der Waals surface area contributed by atoms with Crippen molar-refractivity contribution in [3.8, 4) is 5.69 Å². The maximum absolute atomic E-state index is 14.3. The summed E-state index contributed by atoms with van der Waals surface area (Å²) >= 11 is 6.20. The van der Waals surface area contributed by atoms with Crippen LogP contribution in [0.2, 0.25) is 5.02 Å². The van der Waals surface area contributed by atoms with Crippen molar-refractivity contribution in [3.63, 3.8) is 0 Å². The molecule has 2 heterocycles. The predicted molar refractivity (Wildman–Crippen MR) is 133 cm³/mol. The van der Waals surface area contributed by atoms with E-state index in [1.54, 1.807) is 18.2 Å². The number of nitrogens with zero attached hydrogens (tertiary/aromatic N) is 6. The second kappa shape index (κ2) is 10.1. The molecule has 37 heavy (non-hydrogen) atoms. The molecule has 1 amide bonds. The molecule has 3 aromatic rings. The molecule has 194 valence electrons. The summed E-state index contributed by atoms with van der Waals surface area (Å²) in [5, 5.41) is 30.4. The van der Waals surface area contributed by atoms with Gasteiger partial charge in [-0.2, -0.15) is 4.39 Å². The first-order valence-corrected chi connectivity index (χ1v) is 11.5. The van der Waals surface area contributed by atoms with E-state index in [2.05, 4.69) is 32.4 Å². The Bertz CT molecular complexity index is 1410. The van der Waals surface area contributed by atoms with E-state index < -0.39 is 28.3 Å². The van der Waals surface area contributed by atoms with Gasteiger partial charge in [-0.25, -0.2) is 9.48 Å². The first-order valence-electron chi connectivity index (χ1n) is 11.2. The van der Waals surface area contributed by atoms with Gasteiger partial charge >= 0.3 is 11.7 Å². The fourth-order valence-corrected chi connectivity index (χ4v) is 4.26. The lowest BCUT2D eigenvalue weighted by molar-refractivity contribution is -0.387. The number of aromatic carboxylic acids is 1. The van der Waals surface area contributed by atoms with Gasteiger partial charge in [-0.3, -0.25) is 14.9 Å². The molecule has 1 aliphatic heterocycles. The molecule has 4 rings (SSSR count). The number of carboxylic acid groups (broad SMARTS) is 1. The number of carbonyl (C=O) groups is 2. The number of nitrogens with one attached hydrogen (secondary N) is 1. The number of carbonyl (C=O) groups excluding carboxylic acids is 1. The quantitative estimate of drug-likeness (QED) is 0.361. The predicted octanol–water partition coefficient (Wildman–Crippen LogP) is 3.37. The molecule has 2 aromatic carbocycles. The second-order valence-electron chi connectivity index (χ2n) is 8.74. The molecular weight excluding hydrogens is 509 g/mol. The topological polar surface area (TPSA) is 147 Å². The number of carboxylic acids is 1. The molecule has 1 aromatic heterocycles. The molecule has 0 radical (unpaired) electrons. The van der Waals surface area contributed by atoms with Crippen molar-refractivity contribution in [2.24, 2.45) is 0 Å². The maximum atomic E-state index is 14.3. The summed E-state index contributed by atoms with van der Waals surface area (Å²) in [6.07, 6.45) is 1.23. The van der Waals surface area contributed by atoms with Crippen LogP contribution in [0.5, 0.6) is 0 Å². The molecule has 0 saturated carbocycles. The van der Waals surface area contributed by atoms with Crippen LogP contribution in [0, 0.1) is 22.9 Å². The van der Waals surface area contributed by atoms with Gasteiger partial charge in [0.2, 0.25) is 5.82 Å². The number of halogens is 2. The Balaban J connectivity index is 1.77. The van der Waals surface area contributed by atoms with Crippen LogP contribution < -0.4 is 10.2 Å². The van der Waals surface area contributed by atoms with E-state index >= 15 is 0 Å². The van der Waals surface area contributed by atoms with Crippen molar-refractivity contribution in [1.29, 1.82) is 0 Å². The van der Waals surface area contributed by atoms with Gasteiger partial charge < -0.3 is 20.2 Å². The Hall–Kier alpha value is -4.10. The SMILES string of the molecule is Cc1c(F)c([N+](=O)[O-])cc(C(=O)Nc2cc(-n3cc(C(=O)O)nn3)ccc2N2CCN(C)[C@@H](C)C2)c1Cl. The zero-order valence-electron chi connectivity index (χ0n) is 20.1. The molecule has 1 saturated heterocycles. The minimum atomic E-state index is -1.24. The molecule has 0 aliphatic carbocycles. The highest BCUT2D eigenvalue weighted by Crippen LogP contribution is 2.34. The number of amides is 1. The standard InChI is InChI=1S/C23H23ClFN7O5/c1-12-10-30(7-6-29(12)3)18-5-4-14(31-11-17(23(34)35)27-28-31)8-16(18)26-22(33)15-9-19(32(36)37)21(25)13(2)20(15)24/h4-5,8-9,11-12H,6-7,10H2,1-3H3,(H,26,33)(H,34,35)/t12-/m0/s1. The Morgan fingerprint density at radius 3 is 2.65 bits per heavy atom. The highest BCUT2D eigenvalue weighted by atomic mass is 35.5. The van der Waals surface area contributed by atoms with Crippen molar-refractivity contribution in [1.82, 2.24) is 19.9 Å². The van der Waals surface area contributed by atoms with Crippen molar-refractivity contribution in [2.75, 3.05) is 36.9 Å². The third-order valence-corrected chi connectivity index (χ3v) is 6.84. The molecule has 0 bridgehead atoms. The molecule has 1 fully saturated rings. The lowest BCUT2D eigenvalue weighted by atomic mass is 10.1. The Labute approximate surface area is 215 Å². The van der Waals surface area contributed by atoms with Crippen LogP contribution in [0.1, 0.15) is 33.3 Å². The van der Waals surface area contributed by atoms with E-state index in [4.69, 9.17) is 16.7 Å². The molecule has 1 atom stereocenters. The van der Waals surface area contributed by atoms with Crippen molar-refractivity contribution < 1.29 is 24.0 Å². The number of likely N-dealkylation sites (N-methyl/N-ethyl adjacent to an activating group) is 1. The number of aromatic nitrogens is 3. The zero-order chi connectivity index (χ0) is 27.0. The van der Waals surface area contributed by atoms with Gasteiger partial charge in [0.1, 0.15) is 0 Å². The van der Waals surface area contributed by atoms with Gasteiger partial charge in [0.15, 0.2) is 5.69 Å². The average Bonchev–Trinajstić information content (AvgIpc) is 3.35. The maximum Gasteiger partial charge on any atom is 0.358 e. The number of nitro benzene ring substituents is 1. The molecule has 0 unspecified atom stereocenters. The smallest absolute Gasteiger partial charge is 0.358 e. The number of anilines is 2. The number of benzene rings is 2. The van der Waals surface area contributed by atoms with Crippen molar-refractivity contribution >= 4 is 40.5 Å². The second-order valence-corrected chi connectivity index (χ2v) is 9.12. The van der Waals surface area contributed by atoms with Gasteiger partial charge in [-0.05, 0) is 39.1 Å². The van der Waals surface area contributed by atoms with Crippen LogP contribution in [-0.2, 0) is 0 Å². The minimum Gasteiger partial charge on any atom is -0.476 e. The molecule has 0 spiro atoms. The highest BCUT2D eigenvalue weighted by Gasteiger charge is 2.27. The molecule has 1 aliphatic rings. The third kappa shape index (κ3) is 5.08. The van der Waals surface area contributed by atoms with E-state index in [0.29, 0.717) is 30.2 Å². The molecule has 2 N–H and O–H groups in total. The van der Waals surface area contributed by atoms with E-state index in [0.717, 1.165) is 12.6 Å². The molecule has 12 nitrogen and oxygen atoms in total. The fourth-order valence-electron chi connectivity index (χ4n) is 4.04. The summed E-state index contributed by atoms with van der Waals surface area (Å²) in [6, 6.07) is 6.06. The fraction of sp³-hybridized carbons (Fsp3) is 0.304. The first kappa shape index (κ1) is 26.0. The van der Waals surface area contributed by atoms with Gasteiger partial charge in [-0.1, -0.05) is 16.8 Å². The van der Waals surface area contributed by atoms with Gasteiger partial charge in [0.05, 0.1) is 38.8 Å². The number of hydrogen-bond donors (Lipinski definition) is 2. The normalized spacial score (nSPS) is 16.0. The van der Waals surface area contributed by atoms with Crippen LogP contribution >= 0.6 is 11.6 Å². The van der Waals surface area contributed by atoms with E-state index in [1.165, 1.54) is 17.8 Å². The minimum absolute atomic E-state index is 0.216. The summed E-state index contributed by atoms with van der Waals surface area (Å²) in [4.78, 5) is 39.2. The first-order chi connectivity index (χ1) is 17.5. The van der Waals surface area contributed by atoms with Crippen LogP contribution in [-0.4, -0.2) is 74.5 Å². The van der Waals surface area contributed by atoms with Crippen molar-refractivity contribution in [3.05, 3.63) is 68.2 Å². The average molecular weight is 532 g/mol. The largest absolute Gasteiger partial charge is 0.476 e. The molecule has 14 heteroatoms. The highest BCUT2D eigenvalue weighted by molar-refractivity contribution is 6.35. The Morgan fingerprint density at radius 1 is 1.30 bits per heavy atom. The summed E-state index contributed by atoms with van der Waals surface area (Å²) < 4.78 is 15.6. The van der Waals surface area contributed by atoms with Crippen LogP contribution in [0.25, 0.3) is 5.69 Å². The van der Waals surface area contributed by atoms with Gasteiger partial charge in [0.25, 0.3) is 5.91 Å². The van der Waals surface area contributed by atoms with Gasteiger partial charge in [0, 0.05) is 37.3 Å². The monoisotopic (exact) mass is 531 g/mol. The van der Waals surface area contributed by atoms with E-state index in [-0.39, 0.29) is 27.9 Å². The summed E-state index contributed by atoms with van der Waals surface area (Å²) in [5.41, 5.74) is -0.196. The lowest BCUT2D eigenvalue weighted by Gasteiger charge is -2.39. The van der Waals surface area contributed by atoms with E-state index in [1.807, 2.05) is 7.05 Å². The number of nitro groups is 1. The summed E-state index contributed by atoms with van der Waals surface area (Å²) in [6.45, 7) is 5.42. The van der Waals surface area contributed by atoms with Gasteiger partial charge in [-0.15, -0.1) is 5.10 Å².